The highest BCUT2D eigenvalue weighted by Gasteiger charge is 2.19. The smallest absolute Gasteiger partial charge is 0.258 e. The van der Waals surface area contributed by atoms with Gasteiger partial charge in [0, 0.05) is 19.2 Å². The minimum atomic E-state index is -0.970. The van der Waals surface area contributed by atoms with E-state index in [9.17, 15) is 18.4 Å². The van der Waals surface area contributed by atoms with E-state index in [4.69, 9.17) is 4.74 Å². The molecule has 7 heteroatoms. The van der Waals surface area contributed by atoms with Crippen LogP contribution in [0.3, 0.4) is 0 Å². The Labute approximate surface area is 149 Å². The van der Waals surface area contributed by atoms with Crippen molar-refractivity contribution in [3.63, 3.8) is 0 Å². The summed E-state index contributed by atoms with van der Waals surface area (Å²) in [5, 5.41) is 5.28. The maximum atomic E-state index is 13.8. The molecule has 26 heavy (non-hydrogen) atoms. The molecule has 136 valence electrons. The van der Waals surface area contributed by atoms with Gasteiger partial charge in [-0.2, -0.15) is 0 Å². The summed E-state index contributed by atoms with van der Waals surface area (Å²) < 4.78 is 32.2. The van der Waals surface area contributed by atoms with E-state index in [1.54, 1.807) is 24.3 Å². The normalized spacial score (nSPS) is 16.3. The van der Waals surface area contributed by atoms with E-state index in [0.29, 0.717) is 19.2 Å². The lowest BCUT2D eigenvalue weighted by Crippen LogP contribution is -2.32. The maximum absolute atomic E-state index is 13.8. The zero-order chi connectivity index (χ0) is 18.5. The number of hydrogen-bond donors (Lipinski definition) is 2. The SMILES string of the molecule is O=C(Nc1ccccc1C(=O)NCC1CCCO1)c1ccc(F)cc1F. The highest BCUT2D eigenvalue weighted by atomic mass is 19.1. The van der Waals surface area contributed by atoms with E-state index in [2.05, 4.69) is 10.6 Å². The van der Waals surface area contributed by atoms with Crippen molar-refractivity contribution in [1.82, 2.24) is 5.32 Å². The second kappa shape index (κ2) is 8.05. The summed E-state index contributed by atoms with van der Waals surface area (Å²) in [6, 6.07) is 9.10. The number of anilines is 1. The van der Waals surface area contributed by atoms with E-state index < -0.39 is 17.5 Å². The Morgan fingerprint density at radius 3 is 2.62 bits per heavy atom. The Kier molecular flexibility index (Phi) is 5.58. The van der Waals surface area contributed by atoms with Crippen molar-refractivity contribution in [1.29, 1.82) is 0 Å². The van der Waals surface area contributed by atoms with Crippen molar-refractivity contribution in [2.24, 2.45) is 0 Å². The standard InChI is InChI=1S/C19H18F2N2O3/c20-12-7-8-14(16(21)10-12)19(25)23-17-6-2-1-5-15(17)18(24)22-11-13-4-3-9-26-13/h1-2,5-8,10,13H,3-4,9,11H2,(H,22,24)(H,23,25). The maximum Gasteiger partial charge on any atom is 0.258 e. The number of rotatable bonds is 5. The first kappa shape index (κ1) is 18.0. The topological polar surface area (TPSA) is 67.4 Å². The van der Waals surface area contributed by atoms with Gasteiger partial charge in [-0.25, -0.2) is 8.78 Å². The molecular weight excluding hydrogens is 342 g/mol. The third-order valence-corrected chi connectivity index (χ3v) is 4.11. The molecule has 2 aromatic carbocycles. The number of carbonyl (C=O) groups is 2. The van der Waals surface area contributed by atoms with Crippen LogP contribution >= 0.6 is 0 Å². The molecule has 0 bridgehead atoms. The Morgan fingerprint density at radius 2 is 1.88 bits per heavy atom. The van der Waals surface area contributed by atoms with Crippen molar-refractivity contribution in [2.75, 3.05) is 18.5 Å². The van der Waals surface area contributed by atoms with E-state index >= 15 is 0 Å². The molecule has 1 fully saturated rings. The van der Waals surface area contributed by atoms with Gasteiger partial charge in [-0.1, -0.05) is 12.1 Å². The summed E-state index contributed by atoms with van der Waals surface area (Å²) in [5.74, 6) is -2.87. The van der Waals surface area contributed by atoms with Crippen LogP contribution < -0.4 is 10.6 Å². The average Bonchev–Trinajstić information content (AvgIpc) is 3.13. The van der Waals surface area contributed by atoms with Crippen LogP contribution in [0.25, 0.3) is 0 Å². The van der Waals surface area contributed by atoms with Gasteiger partial charge in [0.05, 0.1) is 22.9 Å². The number of halogens is 2. The van der Waals surface area contributed by atoms with Crippen LogP contribution in [0.15, 0.2) is 42.5 Å². The zero-order valence-corrected chi connectivity index (χ0v) is 13.9. The van der Waals surface area contributed by atoms with Crippen molar-refractivity contribution < 1.29 is 23.1 Å². The number of nitrogens with one attached hydrogen (secondary N) is 2. The Morgan fingerprint density at radius 1 is 1.08 bits per heavy atom. The molecule has 2 amide bonds. The summed E-state index contributed by atoms with van der Waals surface area (Å²) in [4.78, 5) is 24.7. The minimum Gasteiger partial charge on any atom is -0.376 e. The molecule has 1 saturated heterocycles. The molecule has 1 aliphatic heterocycles. The number of ether oxygens (including phenoxy) is 1. The molecule has 1 heterocycles. The summed E-state index contributed by atoms with van der Waals surface area (Å²) >= 11 is 0. The molecule has 2 N–H and O–H groups in total. The van der Waals surface area contributed by atoms with Crippen LogP contribution in [0.4, 0.5) is 14.5 Å². The first-order chi connectivity index (χ1) is 12.5. The van der Waals surface area contributed by atoms with Crippen LogP contribution in [-0.2, 0) is 4.74 Å². The van der Waals surface area contributed by atoms with Crippen LogP contribution in [0.2, 0.25) is 0 Å². The quantitative estimate of drug-likeness (QED) is 0.861. The Hall–Kier alpha value is -2.80. The first-order valence-electron chi connectivity index (χ1n) is 8.30. The lowest BCUT2D eigenvalue weighted by atomic mass is 10.1. The van der Waals surface area contributed by atoms with Gasteiger partial charge in [0.2, 0.25) is 0 Å². The average molecular weight is 360 g/mol. The van der Waals surface area contributed by atoms with Gasteiger partial charge in [-0.15, -0.1) is 0 Å². The van der Waals surface area contributed by atoms with Crippen molar-refractivity contribution in [3.05, 3.63) is 65.2 Å². The van der Waals surface area contributed by atoms with Gasteiger partial charge in [0.15, 0.2) is 0 Å². The van der Waals surface area contributed by atoms with Crippen LogP contribution in [0, 0.1) is 11.6 Å². The predicted octanol–water partition coefficient (Wildman–Crippen LogP) is 3.13. The third-order valence-electron chi connectivity index (χ3n) is 4.11. The molecular formula is C19H18F2N2O3. The largest absolute Gasteiger partial charge is 0.376 e. The lowest BCUT2D eigenvalue weighted by Gasteiger charge is -2.14. The van der Waals surface area contributed by atoms with Gasteiger partial charge in [-0.3, -0.25) is 9.59 Å². The van der Waals surface area contributed by atoms with E-state index in [-0.39, 0.29) is 28.8 Å². The van der Waals surface area contributed by atoms with Crippen LogP contribution in [0.1, 0.15) is 33.6 Å². The number of benzene rings is 2. The molecule has 1 aliphatic rings. The number of hydrogen-bond acceptors (Lipinski definition) is 3. The molecule has 1 unspecified atom stereocenters. The minimum absolute atomic E-state index is 0.00554. The lowest BCUT2D eigenvalue weighted by molar-refractivity contribution is 0.0858. The molecule has 0 radical (unpaired) electrons. The van der Waals surface area contributed by atoms with Gasteiger partial charge in [0.25, 0.3) is 11.8 Å². The number of carbonyl (C=O) groups excluding carboxylic acids is 2. The van der Waals surface area contributed by atoms with Gasteiger partial charge >= 0.3 is 0 Å². The second-order valence-electron chi connectivity index (χ2n) is 5.97. The molecule has 3 rings (SSSR count). The fourth-order valence-electron chi connectivity index (χ4n) is 2.76. The van der Waals surface area contributed by atoms with Gasteiger partial charge < -0.3 is 15.4 Å². The number of para-hydroxylation sites is 1. The predicted molar refractivity (Wildman–Crippen MR) is 92.1 cm³/mol. The molecule has 0 spiro atoms. The van der Waals surface area contributed by atoms with Gasteiger partial charge in [0.1, 0.15) is 11.6 Å². The molecule has 2 aromatic rings. The summed E-state index contributed by atoms with van der Waals surface area (Å²) in [6.45, 7) is 1.07. The van der Waals surface area contributed by atoms with Crippen molar-refractivity contribution in [3.8, 4) is 0 Å². The van der Waals surface area contributed by atoms with Crippen LogP contribution in [-0.4, -0.2) is 31.1 Å². The molecule has 5 nitrogen and oxygen atoms in total. The van der Waals surface area contributed by atoms with Gasteiger partial charge in [-0.05, 0) is 37.1 Å². The molecule has 0 saturated carbocycles. The fourth-order valence-corrected chi connectivity index (χ4v) is 2.76. The first-order valence-corrected chi connectivity index (χ1v) is 8.30. The molecule has 0 aliphatic carbocycles. The van der Waals surface area contributed by atoms with Crippen molar-refractivity contribution in [2.45, 2.75) is 18.9 Å². The molecule has 1 atom stereocenters. The third kappa shape index (κ3) is 4.23. The van der Waals surface area contributed by atoms with Crippen molar-refractivity contribution >= 4 is 17.5 Å². The van der Waals surface area contributed by atoms with E-state index in [0.717, 1.165) is 25.0 Å². The monoisotopic (exact) mass is 360 g/mol. The van der Waals surface area contributed by atoms with E-state index in [1.807, 2.05) is 0 Å². The van der Waals surface area contributed by atoms with E-state index in [1.165, 1.54) is 0 Å². The molecule has 0 aromatic heterocycles. The Bertz CT molecular complexity index is 820. The summed E-state index contributed by atoms with van der Waals surface area (Å²) in [6.07, 6.45) is 1.85. The zero-order valence-electron chi connectivity index (χ0n) is 13.9. The Balaban J connectivity index is 1.71. The highest BCUT2D eigenvalue weighted by Crippen LogP contribution is 2.18. The highest BCUT2D eigenvalue weighted by molar-refractivity contribution is 6.09. The summed E-state index contributed by atoms with van der Waals surface area (Å²) in [5.41, 5.74) is 0.188. The van der Waals surface area contributed by atoms with Crippen LogP contribution in [0.5, 0.6) is 0 Å². The number of amides is 2. The second-order valence-corrected chi connectivity index (χ2v) is 5.97. The fraction of sp³-hybridized carbons (Fsp3) is 0.263. The summed E-state index contributed by atoms with van der Waals surface area (Å²) in [7, 11) is 0.